The predicted molar refractivity (Wildman–Crippen MR) is 79.9 cm³/mol. The van der Waals surface area contributed by atoms with Crippen LogP contribution in [-0.4, -0.2) is 49.9 Å². The molecule has 0 aliphatic carbocycles. The molecular formula is C15H21N5O2. The van der Waals surface area contributed by atoms with E-state index < -0.39 is 0 Å². The van der Waals surface area contributed by atoms with Gasteiger partial charge in [-0.3, -0.25) is 9.48 Å². The summed E-state index contributed by atoms with van der Waals surface area (Å²) in [5, 5.41) is 4.27. The Morgan fingerprint density at radius 3 is 3.05 bits per heavy atom. The second kappa shape index (κ2) is 6.74. The highest BCUT2D eigenvalue weighted by Crippen LogP contribution is 2.17. The third kappa shape index (κ3) is 3.36. The largest absolute Gasteiger partial charge is 0.372 e. The number of imidazole rings is 1. The molecule has 3 heterocycles. The van der Waals surface area contributed by atoms with Gasteiger partial charge in [-0.25, -0.2) is 4.98 Å². The van der Waals surface area contributed by atoms with Gasteiger partial charge in [0.15, 0.2) is 0 Å². The minimum absolute atomic E-state index is 0.0174. The summed E-state index contributed by atoms with van der Waals surface area (Å²) in [5.41, 5.74) is 0. The standard InChI is InChI=1S/C15H21N5O2/c1-2-22-12-15(21)19-9-13(10-20-6-3-4-17-20)8-18-7-5-16-14(18)11-19/h3-7,13H,2,8-12H2,1H3/t13-/m1/s1. The number of carbonyl (C=O) groups excluding carboxylic acids is 1. The summed E-state index contributed by atoms with van der Waals surface area (Å²) in [6.07, 6.45) is 7.49. The Labute approximate surface area is 129 Å². The van der Waals surface area contributed by atoms with Crippen LogP contribution in [0.1, 0.15) is 12.7 Å². The maximum atomic E-state index is 12.3. The number of ether oxygens (including phenoxy) is 1. The number of hydrogen-bond acceptors (Lipinski definition) is 4. The number of fused-ring (bicyclic) bond motifs is 1. The van der Waals surface area contributed by atoms with Crippen molar-refractivity contribution in [3.05, 3.63) is 36.7 Å². The molecule has 22 heavy (non-hydrogen) atoms. The molecule has 1 atom stereocenters. The summed E-state index contributed by atoms with van der Waals surface area (Å²) in [6, 6.07) is 1.91. The summed E-state index contributed by atoms with van der Waals surface area (Å²) in [5.74, 6) is 1.23. The molecular weight excluding hydrogens is 282 g/mol. The SMILES string of the molecule is CCOCC(=O)N1Cc2nccn2C[C@@H](Cn2cccn2)C1. The Kier molecular flexibility index (Phi) is 4.53. The van der Waals surface area contributed by atoms with E-state index in [9.17, 15) is 4.79 Å². The van der Waals surface area contributed by atoms with Crippen LogP contribution in [0.4, 0.5) is 0 Å². The minimum Gasteiger partial charge on any atom is -0.372 e. The molecule has 1 aliphatic heterocycles. The average Bonchev–Trinajstić information content (AvgIpc) is 3.13. The van der Waals surface area contributed by atoms with Crippen molar-refractivity contribution < 1.29 is 9.53 Å². The molecule has 2 aromatic rings. The van der Waals surface area contributed by atoms with Gasteiger partial charge in [0.2, 0.25) is 5.91 Å². The lowest BCUT2D eigenvalue weighted by molar-refractivity contribution is -0.137. The Morgan fingerprint density at radius 2 is 2.27 bits per heavy atom. The molecule has 7 heteroatoms. The van der Waals surface area contributed by atoms with Crippen molar-refractivity contribution in [3.63, 3.8) is 0 Å². The van der Waals surface area contributed by atoms with Crippen LogP contribution in [0.2, 0.25) is 0 Å². The lowest BCUT2D eigenvalue weighted by Gasteiger charge is -2.24. The Morgan fingerprint density at radius 1 is 1.36 bits per heavy atom. The fraction of sp³-hybridized carbons (Fsp3) is 0.533. The van der Waals surface area contributed by atoms with Crippen LogP contribution in [0, 0.1) is 5.92 Å². The van der Waals surface area contributed by atoms with E-state index in [0.717, 1.165) is 18.9 Å². The quantitative estimate of drug-likeness (QED) is 0.818. The topological polar surface area (TPSA) is 65.2 Å². The first-order valence-electron chi connectivity index (χ1n) is 7.59. The molecule has 0 spiro atoms. The van der Waals surface area contributed by atoms with Crippen molar-refractivity contribution in [1.82, 2.24) is 24.2 Å². The smallest absolute Gasteiger partial charge is 0.248 e. The van der Waals surface area contributed by atoms with Crippen molar-refractivity contribution in [1.29, 1.82) is 0 Å². The maximum Gasteiger partial charge on any atom is 0.248 e. The van der Waals surface area contributed by atoms with Crippen LogP contribution in [-0.2, 0) is 29.2 Å². The van der Waals surface area contributed by atoms with Gasteiger partial charge in [0.1, 0.15) is 12.4 Å². The fourth-order valence-electron chi connectivity index (χ4n) is 2.80. The van der Waals surface area contributed by atoms with Gasteiger partial charge in [-0.05, 0) is 13.0 Å². The zero-order chi connectivity index (χ0) is 15.4. The number of aromatic nitrogens is 4. The third-order valence-corrected chi connectivity index (χ3v) is 3.85. The number of hydrogen-bond donors (Lipinski definition) is 0. The molecule has 0 fully saturated rings. The second-order valence-electron chi connectivity index (χ2n) is 5.50. The van der Waals surface area contributed by atoms with Gasteiger partial charge in [-0.1, -0.05) is 0 Å². The van der Waals surface area contributed by atoms with E-state index in [4.69, 9.17) is 4.74 Å². The van der Waals surface area contributed by atoms with Crippen molar-refractivity contribution in [2.75, 3.05) is 19.8 Å². The predicted octanol–water partition coefficient (Wildman–Crippen LogP) is 0.775. The van der Waals surface area contributed by atoms with Crippen LogP contribution in [0.15, 0.2) is 30.9 Å². The van der Waals surface area contributed by atoms with Crippen LogP contribution in [0.25, 0.3) is 0 Å². The molecule has 3 rings (SSSR count). The van der Waals surface area contributed by atoms with Gasteiger partial charge in [-0.15, -0.1) is 0 Å². The lowest BCUT2D eigenvalue weighted by Crippen LogP contribution is -2.37. The lowest BCUT2D eigenvalue weighted by atomic mass is 10.1. The highest BCUT2D eigenvalue weighted by Gasteiger charge is 2.25. The molecule has 1 aliphatic rings. The van der Waals surface area contributed by atoms with Crippen LogP contribution >= 0.6 is 0 Å². The number of carbonyl (C=O) groups is 1. The van der Waals surface area contributed by atoms with E-state index in [0.29, 0.717) is 25.6 Å². The summed E-state index contributed by atoms with van der Waals surface area (Å²) in [4.78, 5) is 18.5. The van der Waals surface area contributed by atoms with Gasteiger partial charge in [-0.2, -0.15) is 5.10 Å². The monoisotopic (exact) mass is 303 g/mol. The molecule has 0 aromatic carbocycles. The van der Waals surface area contributed by atoms with Crippen molar-refractivity contribution in [2.24, 2.45) is 5.92 Å². The first-order chi connectivity index (χ1) is 10.8. The van der Waals surface area contributed by atoms with Crippen LogP contribution in [0.5, 0.6) is 0 Å². The van der Waals surface area contributed by atoms with Crippen LogP contribution in [0.3, 0.4) is 0 Å². The highest BCUT2D eigenvalue weighted by molar-refractivity contribution is 5.77. The molecule has 0 N–H and O–H groups in total. The highest BCUT2D eigenvalue weighted by atomic mass is 16.5. The first-order valence-corrected chi connectivity index (χ1v) is 7.59. The number of amides is 1. The van der Waals surface area contributed by atoms with Gasteiger partial charge in [0.05, 0.1) is 6.54 Å². The number of nitrogens with zero attached hydrogens (tertiary/aromatic N) is 5. The van der Waals surface area contributed by atoms with Gasteiger partial charge < -0.3 is 14.2 Å². The minimum atomic E-state index is 0.0174. The fourth-order valence-corrected chi connectivity index (χ4v) is 2.80. The average molecular weight is 303 g/mol. The summed E-state index contributed by atoms with van der Waals surface area (Å²) >= 11 is 0. The normalized spacial score (nSPS) is 18.0. The van der Waals surface area contributed by atoms with Gasteiger partial charge in [0.25, 0.3) is 0 Å². The summed E-state index contributed by atoms with van der Waals surface area (Å²) in [7, 11) is 0. The van der Waals surface area contributed by atoms with E-state index in [1.54, 1.807) is 12.4 Å². The molecule has 0 bridgehead atoms. The van der Waals surface area contributed by atoms with E-state index in [1.807, 2.05) is 35.0 Å². The zero-order valence-electron chi connectivity index (χ0n) is 12.8. The van der Waals surface area contributed by atoms with E-state index in [2.05, 4.69) is 14.6 Å². The van der Waals surface area contributed by atoms with Gasteiger partial charge in [0, 0.05) is 56.9 Å². The van der Waals surface area contributed by atoms with E-state index in [-0.39, 0.29) is 12.5 Å². The molecule has 0 unspecified atom stereocenters. The third-order valence-electron chi connectivity index (χ3n) is 3.85. The van der Waals surface area contributed by atoms with Crippen molar-refractivity contribution in [2.45, 2.75) is 26.6 Å². The molecule has 0 saturated heterocycles. The molecule has 2 aromatic heterocycles. The second-order valence-corrected chi connectivity index (χ2v) is 5.50. The van der Waals surface area contributed by atoms with Gasteiger partial charge >= 0.3 is 0 Å². The Bertz CT molecular complexity index is 607. The summed E-state index contributed by atoms with van der Waals surface area (Å²) in [6.45, 7) is 5.42. The summed E-state index contributed by atoms with van der Waals surface area (Å²) < 4.78 is 9.31. The molecule has 1 amide bonds. The first kappa shape index (κ1) is 14.8. The Balaban J connectivity index is 1.75. The molecule has 7 nitrogen and oxygen atoms in total. The molecule has 0 radical (unpaired) electrons. The van der Waals surface area contributed by atoms with Crippen LogP contribution < -0.4 is 0 Å². The maximum absolute atomic E-state index is 12.3. The van der Waals surface area contributed by atoms with Crippen molar-refractivity contribution in [3.8, 4) is 0 Å². The van der Waals surface area contributed by atoms with E-state index in [1.165, 1.54) is 0 Å². The molecule has 0 saturated carbocycles. The zero-order valence-corrected chi connectivity index (χ0v) is 12.8. The van der Waals surface area contributed by atoms with Crippen molar-refractivity contribution >= 4 is 5.91 Å². The number of rotatable bonds is 5. The Hall–Kier alpha value is -2.15. The van der Waals surface area contributed by atoms with E-state index >= 15 is 0 Å². The molecule has 118 valence electrons.